The first-order valence-electron chi connectivity index (χ1n) is 7.84. The zero-order valence-electron chi connectivity index (χ0n) is 14.8. The Hall–Kier alpha value is -2.37. The lowest BCUT2D eigenvalue weighted by Gasteiger charge is -2.26. The van der Waals surface area contributed by atoms with Gasteiger partial charge in [-0.3, -0.25) is 9.59 Å². The molecule has 0 aliphatic rings. The van der Waals surface area contributed by atoms with Crippen LogP contribution in [0, 0.1) is 11.3 Å². The van der Waals surface area contributed by atoms with Gasteiger partial charge in [0.05, 0.1) is 15.9 Å². The number of anilines is 1. The van der Waals surface area contributed by atoms with Gasteiger partial charge in [0.15, 0.2) is 0 Å². The van der Waals surface area contributed by atoms with Crippen LogP contribution in [0.1, 0.15) is 12.5 Å². The molecule has 0 atom stereocenters. The van der Waals surface area contributed by atoms with Crippen molar-refractivity contribution < 1.29 is 4.79 Å². The van der Waals surface area contributed by atoms with Crippen molar-refractivity contribution in [3.8, 4) is 6.07 Å². The van der Waals surface area contributed by atoms with E-state index in [4.69, 9.17) is 0 Å². The van der Waals surface area contributed by atoms with Crippen LogP contribution >= 0.6 is 25.3 Å². The van der Waals surface area contributed by atoms with Gasteiger partial charge in [0.2, 0.25) is 0 Å². The van der Waals surface area contributed by atoms with E-state index >= 15 is 0 Å². The minimum Gasteiger partial charge on any atom is -0.371 e. The van der Waals surface area contributed by atoms with Gasteiger partial charge in [-0.25, -0.2) is 0 Å². The molecule has 0 aromatic carbocycles. The number of thiol groups is 2. The summed E-state index contributed by atoms with van der Waals surface area (Å²) in [5.74, 6) is -0.213. The van der Waals surface area contributed by atoms with Crippen molar-refractivity contribution >= 4 is 48.8 Å². The van der Waals surface area contributed by atoms with E-state index in [0.717, 1.165) is 0 Å². The number of H-pyrrole nitrogens is 1. The molecule has 1 heterocycles. The summed E-state index contributed by atoms with van der Waals surface area (Å²) in [7, 11) is 1.74. The Morgan fingerprint density at radius 2 is 2.08 bits per heavy atom. The predicted octanol–water partition coefficient (Wildman–Crippen LogP) is 0.609. The number of rotatable bonds is 7. The Morgan fingerprint density at radius 3 is 2.58 bits per heavy atom. The van der Waals surface area contributed by atoms with E-state index in [0.29, 0.717) is 40.8 Å². The zero-order valence-corrected chi connectivity index (χ0v) is 16.6. The van der Waals surface area contributed by atoms with Crippen molar-refractivity contribution in [1.82, 2.24) is 9.88 Å². The van der Waals surface area contributed by atoms with Crippen molar-refractivity contribution in [3.63, 3.8) is 0 Å². The first-order chi connectivity index (χ1) is 12.3. The van der Waals surface area contributed by atoms with Gasteiger partial charge in [-0.1, -0.05) is 19.2 Å². The molecule has 0 saturated carbocycles. The van der Waals surface area contributed by atoms with Crippen LogP contribution in [0.25, 0.3) is 12.0 Å². The number of hydrogen-bond acceptors (Lipinski definition) is 6. The van der Waals surface area contributed by atoms with Crippen LogP contribution in [-0.2, 0) is 4.79 Å². The molecule has 0 spiro atoms. The van der Waals surface area contributed by atoms with Gasteiger partial charge in [-0.2, -0.15) is 5.26 Å². The number of carbonyl (C=O) groups excluding carboxylic acids is 1. The fraction of sp³-hybridized carbons (Fsp3) is 0.278. The number of nitriles is 1. The van der Waals surface area contributed by atoms with Crippen molar-refractivity contribution in [2.75, 3.05) is 31.6 Å². The summed E-state index contributed by atoms with van der Waals surface area (Å²) >= 11 is 8.24. The highest BCUT2D eigenvalue weighted by atomic mass is 32.1. The smallest absolute Gasteiger partial charge is 0.268 e. The largest absolute Gasteiger partial charge is 0.371 e. The number of hydrogen-bond donors (Lipinski definition) is 3. The minimum atomic E-state index is -0.503. The summed E-state index contributed by atoms with van der Waals surface area (Å²) in [4.78, 5) is 30.7. The number of aromatic nitrogens is 1. The first-order valence-corrected chi connectivity index (χ1v) is 8.80. The molecule has 1 rings (SSSR count). The van der Waals surface area contributed by atoms with Gasteiger partial charge < -0.3 is 14.8 Å². The van der Waals surface area contributed by atoms with Crippen LogP contribution in [0.5, 0.6) is 0 Å². The lowest BCUT2D eigenvalue weighted by molar-refractivity contribution is -0.126. The molecule has 0 radical (unpaired) electrons. The molecule has 1 N–H and O–H groups in total. The number of likely N-dealkylation sites (N-methyl/N-ethyl adjacent to an activating group) is 2. The molecule has 1 amide bonds. The molecule has 1 aromatic heterocycles. The molecular weight excluding hydrogens is 368 g/mol. The van der Waals surface area contributed by atoms with Gasteiger partial charge in [-0.05, 0) is 18.4 Å². The molecule has 26 heavy (non-hydrogen) atoms. The van der Waals surface area contributed by atoms with Crippen LogP contribution in [0.15, 0.2) is 28.4 Å². The third kappa shape index (κ3) is 4.84. The van der Waals surface area contributed by atoms with Gasteiger partial charge >= 0.3 is 0 Å². The van der Waals surface area contributed by atoms with Crippen LogP contribution in [-0.4, -0.2) is 42.5 Å². The number of aromatic amines is 1. The number of allylic oxidation sites excluding steroid dienone is 2. The molecule has 138 valence electrons. The topological polar surface area (TPSA) is 80.2 Å². The van der Waals surface area contributed by atoms with E-state index in [-0.39, 0.29) is 11.5 Å². The Bertz CT molecular complexity index is 928. The van der Waals surface area contributed by atoms with E-state index in [1.807, 2.05) is 13.0 Å². The second-order valence-corrected chi connectivity index (χ2v) is 6.14. The standard InChI is InChI=1S/C18H22N4O2S2/c1-5-7-15(26)18(24)22(6-2)9-8-21(4)16-12(3)14(11-25)20-17(23)13(16)10-19/h5,7,11,25-26H,1,3,6,8-9H2,2,4H3,(H,20,23)/b14-11+,15-7-. The van der Waals surface area contributed by atoms with Gasteiger partial charge in [-0.15, -0.1) is 25.3 Å². The fourth-order valence-electron chi connectivity index (χ4n) is 2.41. The summed E-state index contributed by atoms with van der Waals surface area (Å²) in [5.41, 5.74) is -0.0999. The fourth-order valence-corrected chi connectivity index (χ4v) is 2.88. The predicted molar refractivity (Wildman–Crippen MR) is 113 cm³/mol. The Balaban J connectivity index is 3.16. The molecule has 0 saturated heterocycles. The molecular formula is C18H22N4O2S2. The molecule has 0 aliphatic carbocycles. The normalized spacial score (nSPS) is 11.8. The number of pyridine rings is 1. The van der Waals surface area contributed by atoms with E-state index in [1.165, 1.54) is 17.6 Å². The van der Waals surface area contributed by atoms with Crippen molar-refractivity contribution in [3.05, 3.63) is 50.1 Å². The number of amides is 1. The highest BCUT2D eigenvalue weighted by Gasteiger charge is 2.17. The highest BCUT2D eigenvalue weighted by Crippen LogP contribution is 2.10. The minimum absolute atomic E-state index is 0.0211. The summed E-state index contributed by atoms with van der Waals surface area (Å²) in [6, 6.07) is 1.92. The Morgan fingerprint density at radius 1 is 1.42 bits per heavy atom. The molecule has 0 fully saturated rings. The molecule has 8 heteroatoms. The number of carbonyl (C=O) groups is 1. The lowest BCUT2D eigenvalue weighted by Crippen LogP contribution is -2.43. The lowest BCUT2D eigenvalue weighted by atomic mass is 10.2. The highest BCUT2D eigenvalue weighted by molar-refractivity contribution is 7.88. The van der Waals surface area contributed by atoms with Gasteiger partial charge in [0, 0.05) is 31.9 Å². The van der Waals surface area contributed by atoms with Gasteiger partial charge in [0.25, 0.3) is 11.5 Å². The average molecular weight is 391 g/mol. The summed E-state index contributed by atoms with van der Waals surface area (Å²) in [6.07, 6.45) is 3.03. The van der Waals surface area contributed by atoms with Gasteiger partial charge in [0.1, 0.15) is 11.6 Å². The molecule has 1 aromatic rings. The summed E-state index contributed by atoms with van der Waals surface area (Å²) in [5, 5.41) is 11.7. The first kappa shape index (κ1) is 21.7. The van der Waals surface area contributed by atoms with Crippen molar-refractivity contribution in [2.45, 2.75) is 6.92 Å². The van der Waals surface area contributed by atoms with E-state index in [9.17, 15) is 14.9 Å². The van der Waals surface area contributed by atoms with E-state index in [1.54, 1.807) is 16.8 Å². The summed E-state index contributed by atoms with van der Waals surface area (Å²) in [6.45, 7) is 10.6. The molecule has 0 unspecified atom stereocenters. The van der Waals surface area contributed by atoms with Crippen LogP contribution in [0.4, 0.5) is 5.69 Å². The third-order valence-corrected chi connectivity index (χ3v) is 4.41. The van der Waals surface area contributed by atoms with Crippen LogP contribution < -0.4 is 21.0 Å². The number of nitrogens with one attached hydrogen (secondary N) is 1. The molecule has 0 aliphatic heterocycles. The monoisotopic (exact) mass is 390 g/mol. The molecule has 6 nitrogen and oxygen atoms in total. The maximum Gasteiger partial charge on any atom is 0.268 e. The quantitative estimate of drug-likeness (QED) is 0.362. The second-order valence-electron chi connectivity index (χ2n) is 5.40. The third-order valence-electron chi connectivity index (χ3n) is 3.81. The Labute approximate surface area is 163 Å². The van der Waals surface area contributed by atoms with Crippen molar-refractivity contribution in [1.29, 1.82) is 5.26 Å². The van der Waals surface area contributed by atoms with Crippen LogP contribution in [0.2, 0.25) is 0 Å². The molecule has 0 bridgehead atoms. The zero-order chi connectivity index (χ0) is 19.9. The van der Waals surface area contributed by atoms with E-state index < -0.39 is 5.56 Å². The van der Waals surface area contributed by atoms with Crippen LogP contribution in [0.3, 0.4) is 0 Å². The van der Waals surface area contributed by atoms with E-state index in [2.05, 4.69) is 43.4 Å². The maximum atomic E-state index is 12.3. The SMILES string of the molecule is C=C/C=C(\S)C(=O)N(CC)CCN(C)c1c(C#N)c(=O)[nH]/c(=C/S)c1=C. The van der Waals surface area contributed by atoms with Crippen molar-refractivity contribution in [2.24, 2.45) is 0 Å². The Kier molecular flexibility index (Phi) is 8.29. The maximum absolute atomic E-state index is 12.3. The average Bonchev–Trinajstić information content (AvgIpc) is 2.62. The second kappa shape index (κ2) is 9.94. The number of nitrogens with zero attached hydrogens (tertiary/aromatic N) is 3. The summed E-state index contributed by atoms with van der Waals surface area (Å²) < 4.78 is 0.